The summed E-state index contributed by atoms with van der Waals surface area (Å²) in [6.07, 6.45) is 1.86. The fourth-order valence-corrected chi connectivity index (χ4v) is 4.62. The SMILES string of the molecule is O=C(C1CC(=O)N(c2ccccc2)C1)N1CCC(c2nc(N3CCOCC3)no2)CC1. The Morgan fingerprint density at radius 1 is 1.03 bits per heavy atom. The first kappa shape index (κ1) is 20.0. The zero-order valence-corrected chi connectivity index (χ0v) is 17.5. The summed E-state index contributed by atoms with van der Waals surface area (Å²) < 4.78 is 10.9. The smallest absolute Gasteiger partial charge is 0.266 e. The van der Waals surface area contributed by atoms with Crippen molar-refractivity contribution >= 4 is 23.5 Å². The van der Waals surface area contributed by atoms with Crippen molar-refractivity contribution in [3.8, 4) is 0 Å². The van der Waals surface area contributed by atoms with Crippen LogP contribution in [0.4, 0.5) is 11.6 Å². The van der Waals surface area contributed by atoms with Gasteiger partial charge in [-0.2, -0.15) is 4.98 Å². The Hall–Kier alpha value is -2.94. The zero-order valence-electron chi connectivity index (χ0n) is 17.5. The summed E-state index contributed by atoms with van der Waals surface area (Å²) in [5.74, 6) is 1.26. The van der Waals surface area contributed by atoms with Gasteiger partial charge in [0.25, 0.3) is 5.95 Å². The number of carbonyl (C=O) groups is 2. The molecule has 164 valence electrons. The van der Waals surface area contributed by atoms with Crippen LogP contribution in [0.1, 0.15) is 31.1 Å². The van der Waals surface area contributed by atoms with E-state index < -0.39 is 0 Å². The highest BCUT2D eigenvalue weighted by Crippen LogP contribution is 2.31. The van der Waals surface area contributed by atoms with Crippen molar-refractivity contribution in [2.75, 3.05) is 55.7 Å². The highest BCUT2D eigenvalue weighted by molar-refractivity contribution is 6.00. The third-order valence-electron chi connectivity index (χ3n) is 6.42. The molecule has 3 aliphatic rings. The quantitative estimate of drug-likeness (QED) is 0.736. The molecule has 0 N–H and O–H groups in total. The Morgan fingerprint density at radius 2 is 1.77 bits per heavy atom. The van der Waals surface area contributed by atoms with Crippen molar-refractivity contribution in [3.05, 3.63) is 36.2 Å². The fraction of sp³-hybridized carbons (Fsp3) is 0.545. The van der Waals surface area contributed by atoms with Crippen LogP contribution in [0.2, 0.25) is 0 Å². The molecule has 2 aromatic rings. The van der Waals surface area contributed by atoms with Crippen molar-refractivity contribution in [2.45, 2.75) is 25.2 Å². The van der Waals surface area contributed by atoms with Crippen LogP contribution in [0.5, 0.6) is 0 Å². The third kappa shape index (κ3) is 4.14. The van der Waals surface area contributed by atoms with E-state index >= 15 is 0 Å². The van der Waals surface area contributed by atoms with Gasteiger partial charge in [-0.15, -0.1) is 0 Å². The first-order valence-electron chi connectivity index (χ1n) is 11.0. The molecule has 9 nitrogen and oxygen atoms in total. The molecule has 3 aliphatic heterocycles. The number of morpholine rings is 1. The van der Waals surface area contributed by atoms with Crippen LogP contribution in [-0.2, 0) is 14.3 Å². The van der Waals surface area contributed by atoms with Gasteiger partial charge in [0, 0.05) is 50.7 Å². The predicted molar refractivity (Wildman–Crippen MR) is 113 cm³/mol. The lowest BCUT2D eigenvalue weighted by atomic mass is 9.95. The van der Waals surface area contributed by atoms with Gasteiger partial charge >= 0.3 is 0 Å². The molecule has 4 heterocycles. The van der Waals surface area contributed by atoms with Gasteiger partial charge in [-0.3, -0.25) is 9.59 Å². The summed E-state index contributed by atoms with van der Waals surface area (Å²) in [6.45, 7) is 4.64. The van der Waals surface area contributed by atoms with E-state index in [1.807, 2.05) is 35.2 Å². The van der Waals surface area contributed by atoms with E-state index in [1.165, 1.54) is 0 Å². The number of aromatic nitrogens is 2. The predicted octanol–water partition coefficient (Wildman–Crippen LogP) is 1.67. The fourth-order valence-electron chi connectivity index (χ4n) is 4.62. The number of likely N-dealkylation sites (tertiary alicyclic amines) is 1. The molecule has 0 aliphatic carbocycles. The second-order valence-electron chi connectivity index (χ2n) is 8.37. The topological polar surface area (TPSA) is 92.0 Å². The van der Waals surface area contributed by atoms with Gasteiger partial charge < -0.3 is 24.0 Å². The minimum atomic E-state index is -0.277. The van der Waals surface area contributed by atoms with Crippen LogP contribution in [0.25, 0.3) is 0 Å². The van der Waals surface area contributed by atoms with Crippen LogP contribution in [0.15, 0.2) is 34.9 Å². The number of ether oxygens (including phenoxy) is 1. The average molecular weight is 425 g/mol. The molecule has 1 unspecified atom stereocenters. The number of para-hydroxylation sites is 1. The minimum Gasteiger partial charge on any atom is -0.378 e. The number of hydrogen-bond acceptors (Lipinski definition) is 7. The number of nitrogens with zero attached hydrogens (tertiary/aromatic N) is 5. The van der Waals surface area contributed by atoms with Gasteiger partial charge in [0.05, 0.1) is 19.1 Å². The largest absolute Gasteiger partial charge is 0.378 e. The van der Waals surface area contributed by atoms with Gasteiger partial charge in [0.15, 0.2) is 0 Å². The number of anilines is 2. The number of hydrogen-bond donors (Lipinski definition) is 0. The molecule has 31 heavy (non-hydrogen) atoms. The van der Waals surface area contributed by atoms with E-state index in [0.29, 0.717) is 44.7 Å². The number of carbonyl (C=O) groups excluding carboxylic acids is 2. The Kier molecular flexibility index (Phi) is 5.59. The summed E-state index contributed by atoms with van der Waals surface area (Å²) in [4.78, 5) is 35.8. The van der Waals surface area contributed by atoms with E-state index in [1.54, 1.807) is 4.90 Å². The first-order chi connectivity index (χ1) is 15.2. The molecule has 9 heteroatoms. The van der Waals surface area contributed by atoms with E-state index in [2.05, 4.69) is 15.0 Å². The molecule has 0 spiro atoms. The maximum Gasteiger partial charge on any atom is 0.266 e. The van der Waals surface area contributed by atoms with Gasteiger partial charge in [-0.25, -0.2) is 0 Å². The van der Waals surface area contributed by atoms with Crippen molar-refractivity contribution < 1.29 is 18.8 Å². The first-order valence-corrected chi connectivity index (χ1v) is 11.0. The zero-order chi connectivity index (χ0) is 21.2. The second kappa shape index (κ2) is 8.66. The Balaban J connectivity index is 1.16. The monoisotopic (exact) mass is 425 g/mol. The lowest BCUT2D eigenvalue weighted by Gasteiger charge is -2.32. The summed E-state index contributed by atoms with van der Waals surface area (Å²) in [5.41, 5.74) is 0.856. The maximum atomic E-state index is 13.1. The summed E-state index contributed by atoms with van der Waals surface area (Å²) in [7, 11) is 0. The number of rotatable bonds is 4. The standard InChI is InChI=1S/C22H27N5O4/c28-19-14-17(15-27(19)18-4-2-1-3-5-18)21(29)25-8-6-16(7-9-25)20-23-22(24-31-20)26-10-12-30-13-11-26/h1-5,16-17H,6-15H2. The lowest BCUT2D eigenvalue weighted by Crippen LogP contribution is -2.42. The molecular weight excluding hydrogens is 398 g/mol. The van der Waals surface area contributed by atoms with Crippen LogP contribution in [0, 0.1) is 5.92 Å². The summed E-state index contributed by atoms with van der Waals surface area (Å²) >= 11 is 0. The molecule has 3 fully saturated rings. The van der Waals surface area contributed by atoms with Gasteiger partial charge in [0.2, 0.25) is 17.7 Å². The Morgan fingerprint density at radius 3 is 2.52 bits per heavy atom. The van der Waals surface area contributed by atoms with Crippen LogP contribution < -0.4 is 9.80 Å². The molecule has 1 aromatic heterocycles. The van der Waals surface area contributed by atoms with Crippen molar-refractivity contribution in [1.29, 1.82) is 0 Å². The van der Waals surface area contributed by atoms with Gasteiger partial charge in [-0.05, 0) is 30.1 Å². The van der Waals surface area contributed by atoms with E-state index in [9.17, 15) is 9.59 Å². The second-order valence-corrected chi connectivity index (χ2v) is 8.37. The molecule has 5 rings (SSSR count). The molecule has 2 amide bonds. The van der Waals surface area contributed by atoms with Crippen molar-refractivity contribution in [1.82, 2.24) is 15.0 Å². The third-order valence-corrected chi connectivity index (χ3v) is 6.42. The summed E-state index contributed by atoms with van der Waals surface area (Å²) in [6, 6.07) is 9.55. The van der Waals surface area contributed by atoms with Crippen LogP contribution >= 0.6 is 0 Å². The number of amides is 2. The molecule has 1 aromatic carbocycles. The molecule has 1 atom stereocenters. The summed E-state index contributed by atoms with van der Waals surface area (Å²) in [5, 5.41) is 4.14. The highest BCUT2D eigenvalue weighted by atomic mass is 16.5. The van der Waals surface area contributed by atoms with Gasteiger partial charge in [-0.1, -0.05) is 18.2 Å². The minimum absolute atomic E-state index is 0.0148. The van der Waals surface area contributed by atoms with Gasteiger partial charge in [0.1, 0.15) is 0 Å². The maximum absolute atomic E-state index is 13.1. The molecule has 0 radical (unpaired) electrons. The normalized spacial score (nSPS) is 22.9. The number of piperidine rings is 1. The molecular formula is C22H27N5O4. The molecule has 0 saturated carbocycles. The average Bonchev–Trinajstić information content (AvgIpc) is 3.47. The molecule has 3 saturated heterocycles. The Labute approximate surface area is 180 Å². The highest BCUT2D eigenvalue weighted by Gasteiger charge is 2.38. The van der Waals surface area contributed by atoms with E-state index in [-0.39, 0.29) is 30.1 Å². The van der Waals surface area contributed by atoms with E-state index in [4.69, 9.17) is 9.26 Å². The number of benzene rings is 1. The van der Waals surface area contributed by atoms with E-state index in [0.717, 1.165) is 31.6 Å². The van der Waals surface area contributed by atoms with Crippen LogP contribution in [-0.4, -0.2) is 72.8 Å². The molecule has 0 bridgehead atoms. The van der Waals surface area contributed by atoms with Crippen molar-refractivity contribution in [2.24, 2.45) is 5.92 Å². The van der Waals surface area contributed by atoms with Crippen molar-refractivity contribution in [3.63, 3.8) is 0 Å². The Bertz CT molecular complexity index is 919. The lowest BCUT2D eigenvalue weighted by molar-refractivity contribution is -0.136. The van der Waals surface area contributed by atoms with Crippen LogP contribution in [0.3, 0.4) is 0 Å².